The fraction of sp³-hybridized carbons (Fsp3) is 0.133. The summed E-state index contributed by atoms with van der Waals surface area (Å²) < 4.78 is 11.0. The van der Waals surface area contributed by atoms with Crippen LogP contribution in [0, 0.1) is 0 Å². The van der Waals surface area contributed by atoms with Gasteiger partial charge in [0.25, 0.3) is 0 Å². The first-order chi connectivity index (χ1) is 9.54. The first-order valence-corrected chi connectivity index (χ1v) is 6.43. The first-order valence-electron chi connectivity index (χ1n) is 6.06. The van der Waals surface area contributed by atoms with Crippen LogP contribution in [0.4, 0.5) is 0 Å². The molecule has 0 aliphatic heterocycles. The number of hydrogen-bond acceptors (Lipinski definition) is 3. The van der Waals surface area contributed by atoms with Gasteiger partial charge in [0.15, 0.2) is 6.10 Å². The highest BCUT2D eigenvalue weighted by Crippen LogP contribution is 2.32. The summed E-state index contributed by atoms with van der Waals surface area (Å²) >= 11 is 5.93. The lowest BCUT2D eigenvalue weighted by Crippen LogP contribution is -2.22. The number of furan rings is 1. The Balaban J connectivity index is 2.07. The molecule has 3 rings (SSSR count). The smallest absolute Gasteiger partial charge is 0.344 e. The van der Waals surface area contributed by atoms with E-state index < -0.39 is 12.1 Å². The molecule has 0 radical (unpaired) electrons. The van der Waals surface area contributed by atoms with Crippen molar-refractivity contribution >= 4 is 39.5 Å². The zero-order valence-electron chi connectivity index (χ0n) is 10.6. The summed E-state index contributed by atoms with van der Waals surface area (Å²) in [6.45, 7) is 1.48. The van der Waals surface area contributed by atoms with Crippen molar-refractivity contribution in [3.63, 3.8) is 0 Å². The van der Waals surface area contributed by atoms with Gasteiger partial charge in [-0.05, 0) is 31.2 Å². The van der Waals surface area contributed by atoms with E-state index >= 15 is 0 Å². The van der Waals surface area contributed by atoms with Crippen LogP contribution in [-0.2, 0) is 4.79 Å². The number of carbonyl (C=O) groups is 1. The Bertz CT molecular complexity index is 806. The fourth-order valence-electron chi connectivity index (χ4n) is 2.06. The van der Waals surface area contributed by atoms with Gasteiger partial charge in [-0.3, -0.25) is 0 Å². The van der Waals surface area contributed by atoms with Crippen molar-refractivity contribution in [1.29, 1.82) is 0 Å². The van der Waals surface area contributed by atoms with Crippen molar-refractivity contribution in [2.75, 3.05) is 0 Å². The third-order valence-electron chi connectivity index (χ3n) is 3.07. The van der Waals surface area contributed by atoms with Crippen LogP contribution in [0.15, 0.2) is 40.8 Å². The average Bonchev–Trinajstić information content (AvgIpc) is 2.74. The van der Waals surface area contributed by atoms with Gasteiger partial charge < -0.3 is 14.3 Å². The summed E-state index contributed by atoms with van der Waals surface area (Å²) in [5.74, 6) is -0.556. The molecule has 1 atom stereocenters. The van der Waals surface area contributed by atoms with E-state index in [0.717, 1.165) is 10.8 Å². The number of halogens is 1. The molecule has 1 N–H and O–H groups in total. The number of aliphatic carboxylic acids is 1. The van der Waals surface area contributed by atoms with Crippen LogP contribution in [0.1, 0.15) is 6.92 Å². The first kappa shape index (κ1) is 12.8. The maximum Gasteiger partial charge on any atom is 0.344 e. The molecule has 5 heteroatoms. The molecule has 1 heterocycles. The number of carboxylic acids is 1. The number of benzene rings is 2. The second kappa shape index (κ2) is 4.72. The summed E-state index contributed by atoms with van der Waals surface area (Å²) in [4.78, 5) is 10.8. The summed E-state index contributed by atoms with van der Waals surface area (Å²) in [5.41, 5.74) is 1.33. The minimum Gasteiger partial charge on any atom is -0.479 e. The number of ether oxygens (including phenoxy) is 1. The van der Waals surface area contributed by atoms with Crippen molar-refractivity contribution < 1.29 is 19.1 Å². The minimum absolute atomic E-state index is 0.456. The van der Waals surface area contributed by atoms with E-state index in [-0.39, 0.29) is 0 Å². The van der Waals surface area contributed by atoms with Gasteiger partial charge in [-0.1, -0.05) is 11.6 Å². The fourth-order valence-corrected chi connectivity index (χ4v) is 2.22. The number of rotatable bonds is 3. The predicted molar refractivity (Wildman–Crippen MR) is 76.5 cm³/mol. The average molecular weight is 291 g/mol. The van der Waals surface area contributed by atoms with Crippen LogP contribution in [-0.4, -0.2) is 17.2 Å². The van der Waals surface area contributed by atoms with Gasteiger partial charge in [-0.25, -0.2) is 4.79 Å². The highest BCUT2D eigenvalue weighted by atomic mass is 35.5. The number of hydrogen-bond donors (Lipinski definition) is 1. The van der Waals surface area contributed by atoms with Gasteiger partial charge in [-0.15, -0.1) is 0 Å². The lowest BCUT2D eigenvalue weighted by Gasteiger charge is -2.09. The van der Waals surface area contributed by atoms with Crippen molar-refractivity contribution in [3.8, 4) is 5.75 Å². The van der Waals surface area contributed by atoms with E-state index in [0.29, 0.717) is 21.9 Å². The minimum atomic E-state index is -1.01. The van der Waals surface area contributed by atoms with Crippen molar-refractivity contribution in [2.24, 2.45) is 0 Å². The molecule has 0 unspecified atom stereocenters. The zero-order chi connectivity index (χ0) is 14.3. The molecule has 4 nitrogen and oxygen atoms in total. The SMILES string of the molecule is C[C@@H](Oc1ccc2c(c1)oc1cc(Cl)ccc12)C(=O)O. The summed E-state index contributed by atoms with van der Waals surface area (Å²) in [6, 6.07) is 10.7. The molecule has 0 saturated carbocycles. The van der Waals surface area contributed by atoms with Crippen molar-refractivity contribution in [2.45, 2.75) is 13.0 Å². The molecular weight excluding hydrogens is 280 g/mol. The number of carboxylic acid groups (broad SMARTS) is 1. The van der Waals surface area contributed by atoms with Crippen LogP contribution in [0.2, 0.25) is 5.02 Å². The summed E-state index contributed by atoms with van der Waals surface area (Å²) in [6.07, 6.45) is -0.911. The van der Waals surface area contributed by atoms with E-state index in [4.69, 9.17) is 25.9 Å². The molecule has 0 saturated heterocycles. The molecule has 0 spiro atoms. The van der Waals surface area contributed by atoms with Gasteiger partial charge in [0.2, 0.25) is 0 Å². The van der Waals surface area contributed by atoms with Crippen molar-refractivity contribution in [3.05, 3.63) is 41.4 Å². The Hall–Kier alpha value is -2.20. The molecule has 2 aromatic carbocycles. The molecule has 0 aliphatic carbocycles. The van der Waals surface area contributed by atoms with Crippen LogP contribution >= 0.6 is 11.6 Å². The normalized spacial score (nSPS) is 12.7. The van der Waals surface area contributed by atoms with Gasteiger partial charge in [0.05, 0.1) is 0 Å². The highest BCUT2D eigenvalue weighted by molar-refractivity contribution is 6.31. The van der Waals surface area contributed by atoms with Crippen LogP contribution in [0.25, 0.3) is 21.9 Å². The monoisotopic (exact) mass is 290 g/mol. The topological polar surface area (TPSA) is 59.7 Å². The third kappa shape index (κ3) is 2.18. The second-order valence-corrected chi connectivity index (χ2v) is 4.94. The Kier molecular flexibility index (Phi) is 3.03. The molecule has 3 aromatic rings. The molecular formula is C15H11ClO4. The zero-order valence-corrected chi connectivity index (χ0v) is 11.3. The molecule has 0 bridgehead atoms. The highest BCUT2D eigenvalue weighted by Gasteiger charge is 2.14. The maximum atomic E-state index is 10.8. The van der Waals surface area contributed by atoms with E-state index in [9.17, 15) is 4.79 Å². The van der Waals surface area contributed by atoms with E-state index in [1.165, 1.54) is 6.92 Å². The largest absolute Gasteiger partial charge is 0.479 e. The summed E-state index contributed by atoms with van der Waals surface area (Å²) in [7, 11) is 0. The lowest BCUT2D eigenvalue weighted by molar-refractivity contribution is -0.144. The second-order valence-electron chi connectivity index (χ2n) is 4.50. The molecule has 1 aromatic heterocycles. The Morgan fingerprint density at radius 2 is 1.85 bits per heavy atom. The van der Waals surface area contributed by atoms with Gasteiger partial charge in [0.1, 0.15) is 16.9 Å². The standard InChI is InChI=1S/C15H11ClO4/c1-8(15(17)18)19-10-3-5-12-11-4-2-9(16)6-13(11)20-14(12)7-10/h2-8H,1H3,(H,17,18)/t8-/m1/s1. The Morgan fingerprint density at radius 3 is 2.55 bits per heavy atom. The summed E-state index contributed by atoms with van der Waals surface area (Å²) in [5, 5.41) is 11.3. The third-order valence-corrected chi connectivity index (χ3v) is 3.30. The quantitative estimate of drug-likeness (QED) is 0.789. The maximum absolute atomic E-state index is 10.8. The molecule has 0 fully saturated rings. The lowest BCUT2D eigenvalue weighted by atomic mass is 10.1. The van der Waals surface area contributed by atoms with Crippen molar-refractivity contribution in [1.82, 2.24) is 0 Å². The molecule has 0 amide bonds. The van der Waals surface area contributed by atoms with Gasteiger partial charge >= 0.3 is 5.97 Å². The van der Waals surface area contributed by atoms with E-state index in [2.05, 4.69) is 0 Å². The Morgan fingerprint density at radius 1 is 1.20 bits per heavy atom. The predicted octanol–water partition coefficient (Wildman–Crippen LogP) is 4.09. The van der Waals surface area contributed by atoms with E-state index in [1.807, 2.05) is 12.1 Å². The number of fused-ring (bicyclic) bond motifs is 3. The van der Waals surface area contributed by atoms with Gasteiger partial charge in [0, 0.05) is 27.9 Å². The van der Waals surface area contributed by atoms with Gasteiger partial charge in [-0.2, -0.15) is 0 Å². The Labute approximate surface area is 119 Å². The molecule has 0 aliphatic rings. The molecule has 102 valence electrons. The van der Waals surface area contributed by atoms with E-state index in [1.54, 1.807) is 24.3 Å². The van der Waals surface area contributed by atoms with Crippen LogP contribution < -0.4 is 4.74 Å². The van der Waals surface area contributed by atoms with Crippen LogP contribution in [0.5, 0.6) is 5.75 Å². The van der Waals surface area contributed by atoms with Crippen LogP contribution in [0.3, 0.4) is 0 Å². The molecule has 20 heavy (non-hydrogen) atoms.